The van der Waals surface area contributed by atoms with E-state index in [1.54, 1.807) is 5.57 Å². The fourth-order valence-corrected chi connectivity index (χ4v) is 3.31. The minimum absolute atomic E-state index is 0.231. The average Bonchev–Trinajstić information content (AvgIpc) is 2.85. The van der Waals surface area contributed by atoms with Crippen molar-refractivity contribution in [3.05, 3.63) is 11.6 Å². The van der Waals surface area contributed by atoms with Crippen LogP contribution in [0.5, 0.6) is 0 Å². The second-order valence-corrected chi connectivity index (χ2v) is 7.08. The van der Waals surface area contributed by atoms with Crippen LogP contribution in [0, 0.1) is 5.41 Å². The van der Waals surface area contributed by atoms with Gasteiger partial charge < -0.3 is 11.1 Å². The van der Waals surface area contributed by atoms with Gasteiger partial charge >= 0.3 is 0 Å². The van der Waals surface area contributed by atoms with Gasteiger partial charge in [-0.3, -0.25) is 0 Å². The Balaban J connectivity index is 1.78. The molecule has 0 amide bonds. The molecule has 2 rings (SSSR count). The molecule has 2 aliphatic rings. The molecule has 1 fully saturated rings. The highest BCUT2D eigenvalue weighted by Gasteiger charge is 2.36. The maximum Gasteiger partial charge on any atom is 0.0304 e. The Hall–Kier alpha value is -0.340. The lowest BCUT2D eigenvalue weighted by atomic mass is 9.69. The predicted molar refractivity (Wildman–Crippen MR) is 78.6 cm³/mol. The van der Waals surface area contributed by atoms with Crippen molar-refractivity contribution in [3.8, 4) is 0 Å². The van der Waals surface area contributed by atoms with E-state index in [0.717, 1.165) is 13.1 Å². The minimum atomic E-state index is 0.231. The Morgan fingerprint density at radius 2 is 1.94 bits per heavy atom. The maximum absolute atomic E-state index is 6.04. The lowest BCUT2D eigenvalue weighted by Gasteiger charge is -2.43. The molecule has 3 N–H and O–H groups in total. The third kappa shape index (κ3) is 3.58. The maximum atomic E-state index is 6.04. The highest BCUT2D eigenvalue weighted by molar-refractivity contribution is 5.08. The van der Waals surface area contributed by atoms with Crippen LogP contribution in [0.15, 0.2) is 11.6 Å². The molecule has 18 heavy (non-hydrogen) atoms. The molecule has 0 unspecified atom stereocenters. The number of nitrogens with one attached hydrogen (secondary N) is 1. The Morgan fingerprint density at radius 3 is 2.50 bits per heavy atom. The minimum Gasteiger partial charge on any atom is -0.329 e. The van der Waals surface area contributed by atoms with Crippen molar-refractivity contribution in [3.63, 3.8) is 0 Å². The normalized spacial score (nSPS) is 26.1. The first kappa shape index (κ1) is 14.1. The molecule has 0 radical (unpaired) electrons. The SMILES string of the molecule is CC1(C)CCC(CN)(NCCC2=CCCC2)CC1. The van der Waals surface area contributed by atoms with Gasteiger partial charge in [-0.25, -0.2) is 0 Å². The van der Waals surface area contributed by atoms with Crippen molar-refractivity contribution in [2.24, 2.45) is 11.1 Å². The molecule has 0 bridgehead atoms. The first-order valence-electron chi connectivity index (χ1n) is 7.68. The van der Waals surface area contributed by atoms with E-state index in [-0.39, 0.29) is 5.54 Å². The molecule has 0 aromatic heterocycles. The van der Waals surface area contributed by atoms with E-state index in [9.17, 15) is 0 Å². The quantitative estimate of drug-likeness (QED) is 0.734. The first-order valence-corrected chi connectivity index (χ1v) is 7.68. The van der Waals surface area contributed by atoms with Crippen molar-refractivity contribution >= 4 is 0 Å². The van der Waals surface area contributed by atoms with E-state index < -0.39 is 0 Å². The van der Waals surface area contributed by atoms with Crippen LogP contribution in [0.25, 0.3) is 0 Å². The summed E-state index contributed by atoms with van der Waals surface area (Å²) in [5, 5.41) is 3.78. The third-order valence-electron chi connectivity index (χ3n) is 5.03. The van der Waals surface area contributed by atoms with Gasteiger partial charge in [0.25, 0.3) is 0 Å². The number of hydrogen-bond acceptors (Lipinski definition) is 2. The summed E-state index contributed by atoms with van der Waals surface area (Å²) in [6, 6.07) is 0. The van der Waals surface area contributed by atoms with Crippen LogP contribution in [0.2, 0.25) is 0 Å². The molecule has 0 atom stereocenters. The Kier molecular flexibility index (Phi) is 4.50. The molecule has 0 aromatic rings. The molecule has 0 aliphatic heterocycles. The lowest BCUT2D eigenvalue weighted by Crippen LogP contribution is -2.54. The van der Waals surface area contributed by atoms with Gasteiger partial charge in [0.1, 0.15) is 0 Å². The van der Waals surface area contributed by atoms with Crippen LogP contribution in [0.1, 0.15) is 65.2 Å². The standard InChI is InChI=1S/C16H30N2/c1-15(2)8-10-16(13-17,11-9-15)18-12-7-14-5-3-4-6-14/h5,18H,3-4,6-13,17H2,1-2H3. The molecule has 0 heterocycles. The number of rotatable bonds is 5. The average molecular weight is 250 g/mol. The van der Waals surface area contributed by atoms with E-state index in [1.165, 1.54) is 51.4 Å². The van der Waals surface area contributed by atoms with Crippen molar-refractivity contribution in [2.45, 2.75) is 70.8 Å². The lowest BCUT2D eigenvalue weighted by molar-refractivity contribution is 0.140. The van der Waals surface area contributed by atoms with Gasteiger partial charge in [0, 0.05) is 12.1 Å². The van der Waals surface area contributed by atoms with Gasteiger partial charge in [0.2, 0.25) is 0 Å². The van der Waals surface area contributed by atoms with Crippen LogP contribution in [-0.2, 0) is 0 Å². The summed E-state index contributed by atoms with van der Waals surface area (Å²) in [6.07, 6.45) is 12.7. The summed E-state index contributed by atoms with van der Waals surface area (Å²) >= 11 is 0. The highest BCUT2D eigenvalue weighted by atomic mass is 15.0. The second kappa shape index (κ2) is 5.75. The van der Waals surface area contributed by atoms with Gasteiger partial charge in [0.15, 0.2) is 0 Å². The first-order chi connectivity index (χ1) is 8.55. The van der Waals surface area contributed by atoms with Crippen LogP contribution >= 0.6 is 0 Å². The molecular weight excluding hydrogens is 220 g/mol. The van der Waals surface area contributed by atoms with E-state index in [2.05, 4.69) is 25.2 Å². The summed E-state index contributed by atoms with van der Waals surface area (Å²) in [5.41, 5.74) is 8.46. The summed E-state index contributed by atoms with van der Waals surface area (Å²) in [4.78, 5) is 0. The summed E-state index contributed by atoms with van der Waals surface area (Å²) in [7, 11) is 0. The van der Waals surface area contributed by atoms with Gasteiger partial charge in [-0.1, -0.05) is 25.5 Å². The van der Waals surface area contributed by atoms with E-state index in [1.807, 2.05) is 0 Å². The molecule has 104 valence electrons. The van der Waals surface area contributed by atoms with Gasteiger partial charge in [-0.2, -0.15) is 0 Å². The smallest absolute Gasteiger partial charge is 0.0304 e. The number of allylic oxidation sites excluding steroid dienone is 1. The van der Waals surface area contributed by atoms with E-state index in [0.29, 0.717) is 5.41 Å². The van der Waals surface area contributed by atoms with Gasteiger partial charge in [0.05, 0.1) is 0 Å². The van der Waals surface area contributed by atoms with Crippen LogP contribution in [0.3, 0.4) is 0 Å². The highest BCUT2D eigenvalue weighted by Crippen LogP contribution is 2.39. The second-order valence-electron chi connectivity index (χ2n) is 7.08. The van der Waals surface area contributed by atoms with Crippen molar-refractivity contribution in [1.29, 1.82) is 0 Å². The molecule has 0 aromatic carbocycles. The monoisotopic (exact) mass is 250 g/mol. The predicted octanol–water partition coefficient (Wildman–Crippen LogP) is 3.37. The van der Waals surface area contributed by atoms with Crippen molar-refractivity contribution in [1.82, 2.24) is 5.32 Å². The Labute approximate surface area is 112 Å². The fourth-order valence-electron chi connectivity index (χ4n) is 3.31. The van der Waals surface area contributed by atoms with Crippen LogP contribution in [-0.4, -0.2) is 18.6 Å². The topological polar surface area (TPSA) is 38.0 Å². The molecule has 1 saturated carbocycles. The fraction of sp³-hybridized carbons (Fsp3) is 0.875. The van der Waals surface area contributed by atoms with Crippen molar-refractivity contribution < 1.29 is 0 Å². The zero-order valence-electron chi connectivity index (χ0n) is 12.2. The van der Waals surface area contributed by atoms with E-state index >= 15 is 0 Å². The summed E-state index contributed by atoms with van der Waals surface area (Å²) in [5.74, 6) is 0. The van der Waals surface area contributed by atoms with E-state index in [4.69, 9.17) is 5.73 Å². The molecule has 2 heteroatoms. The molecule has 0 spiro atoms. The third-order valence-corrected chi connectivity index (χ3v) is 5.03. The molecule has 2 aliphatic carbocycles. The Bertz CT molecular complexity index is 294. The Morgan fingerprint density at radius 1 is 1.22 bits per heavy atom. The molecule has 0 saturated heterocycles. The van der Waals surface area contributed by atoms with Gasteiger partial charge in [-0.05, 0) is 63.3 Å². The zero-order chi connectivity index (χ0) is 13.1. The zero-order valence-corrected chi connectivity index (χ0v) is 12.2. The number of hydrogen-bond donors (Lipinski definition) is 2. The molecular formula is C16H30N2. The van der Waals surface area contributed by atoms with Crippen LogP contribution in [0.4, 0.5) is 0 Å². The number of nitrogens with two attached hydrogens (primary N) is 1. The summed E-state index contributed by atoms with van der Waals surface area (Å²) in [6.45, 7) is 6.68. The summed E-state index contributed by atoms with van der Waals surface area (Å²) < 4.78 is 0. The van der Waals surface area contributed by atoms with Crippen molar-refractivity contribution in [2.75, 3.05) is 13.1 Å². The largest absolute Gasteiger partial charge is 0.329 e. The molecule has 2 nitrogen and oxygen atoms in total. The van der Waals surface area contributed by atoms with Gasteiger partial charge in [-0.15, -0.1) is 0 Å². The van der Waals surface area contributed by atoms with Crippen LogP contribution < -0.4 is 11.1 Å².